The molecule has 1 aliphatic heterocycles. The number of benzene rings is 2. The maximum absolute atomic E-state index is 12.8. The highest BCUT2D eigenvalue weighted by molar-refractivity contribution is 6.22. The lowest BCUT2D eigenvalue weighted by molar-refractivity contribution is -0.134. The average molecular weight is 379 g/mol. The maximum atomic E-state index is 12.8. The predicted octanol–water partition coefficient (Wildman–Crippen LogP) is 1.69. The fraction of sp³-hybridized carbons (Fsp3) is 0.238. The highest BCUT2D eigenvalue weighted by atomic mass is 16.2. The molecule has 1 heterocycles. The van der Waals surface area contributed by atoms with E-state index in [2.05, 4.69) is 5.32 Å². The summed E-state index contributed by atoms with van der Waals surface area (Å²) in [4.78, 5) is 52.0. The number of carbonyl (C=O) groups excluding carboxylic acids is 4. The molecule has 2 aromatic rings. The van der Waals surface area contributed by atoms with Crippen molar-refractivity contribution < 1.29 is 19.2 Å². The largest absolute Gasteiger partial charge is 0.355 e. The molecule has 3 rings (SSSR count). The Kier molecular flexibility index (Phi) is 5.26. The van der Waals surface area contributed by atoms with E-state index in [1.54, 1.807) is 69.6 Å². The standard InChI is InChI=1S/C21H21N3O4/c1-13(24-20(27)16-6-4-5-7-17(16)21(24)28)19(26)23(3)12-14-8-10-15(11-9-14)18(25)22-2/h4-11,13H,12H2,1-3H3,(H,22,25). The van der Waals surface area contributed by atoms with Crippen LogP contribution in [0.2, 0.25) is 0 Å². The summed E-state index contributed by atoms with van der Waals surface area (Å²) in [6.45, 7) is 1.84. The first-order valence-corrected chi connectivity index (χ1v) is 8.88. The molecule has 0 fully saturated rings. The Labute approximate surface area is 162 Å². The monoisotopic (exact) mass is 379 g/mol. The zero-order chi connectivity index (χ0) is 20.4. The van der Waals surface area contributed by atoms with Gasteiger partial charge >= 0.3 is 0 Å². The third-order valence-corrected chi connectivity index (χ3v) is 4.81. The van der Waals surface area contributed by atoms with E-state index in [1.165, 1.54) is 4.90 Å². The van der Waals surface area contributed by atoms with E-state index in [-0.39, 0.29) is 11.8 Å². The zero-order valence-electron chi connectivity index (χ0n) is 15.9. The van der Waals surface area contributed by atoms with Crippen molar-refractivity contribution in [1.82, 2.24) is 15.1 Å². The van der Waals surface area contributed by atoms with Crippen molar-refractivity contribution in [2.75, 3.05) is 14.1 Å². The lowest BCUT2D eigenvalue weighted by Crippen LogP contribution is -2.48. The van der Waals surface area contributed by atoms with Crippen molar-refractivity contribution >= 4 is 23.6 Å². The second-order valence-electron chi connectivity index (χ2n) is 6.67. The Morgan fingerprint density at radius 1 is 1.00 bits per heavy atom. The summed E-state index contributed by atoms with van der Waals surface area (Å²) in [5, 5.41) is 2.55. The normalized spacial score (nSPS) is 13.9. The molecule has 7 heteroatoms. The van der Waals surface area contributed by atoms with Gasteiger partial charge in [0.2, 0.25) is 5.91 Å². The van der Waals surface area contributed by atoms with Gasteiger partial charge in [-0.25, -0.2) is 0 Å². The Hall–Kier alpha value is -3.48. The van der Waals surface area contributed by atoms with E-state index < -0.39 is 17.9 Å². The molecule has 1 unspecified atom stereocenters. The van der Waals surface area contributed by atoms with Gasteiger partial charge in [0.05, 0.1) is 11.1 Å². The highest BCUT2D eigenvalue weighted by Crippen LogP contribution is 2.25. The van der Waals surface area contributed by atoms with E-state index in [1.807, 2.05) is 0 Å². The van der Waals surface area contributed by atoms with Crippen molar-refractivity contribution in [3.63, 3.8) is 0 Å². The minimum Gasteiger partial charge on any atom is -0.355 e. The smallest absolute Gasteiger partial charge is 0.262 e. The van der Waals surface area contributed by atoms with Crippen molar-refractivity contribution in [1.29, 1.82) is 0 Å². The molecule has 1 N–H and O–H groups in total. The van der Waals surface area contributed by atoms with Gasteiger partial charge in [-0.1, -0.05) is 24.3 Å². The quantitative estimate of drug-likeness (QED) is 0.801. The molecule has 0 saturated heterocycles. The van der Waals surface area contributed by atoms with Crippen molar-refractivity contribution in [3.05, 3.63) is 70.8 Å². The summed E-state index contributed by atoms with van der Waals surface area (Å²) in [5.74, 6) is -1.44. The van der Waals surface area contributed by atoms with Gasteiger partial charge in [-0.2, -0.15) is 0 Å². The van der Waals surface area contributed by atoms with Gasteiger partial charge in [0.15, 0.2) is 0 Å². The molecule has 4 amide bonds. The van der Waals surface area contributed by atoms with Crippen LogP contribution < -0.4 is 5.32 Å². The van der Waals surface area contributed by atoms with Gasteiger partial charge in [-0.3, -0.25) is 24.1 Å². The Bertz CT molecular complexity index is 917. The van der Waals surface area contributed by atoms with Gasteiger partial charge < -0.3 is 10.2 Å². The number of fused-ring (bicyclic) bond motifs is 1. The molecule has 0 aliphatic carbocycles. The van der Waals surface area contributed by atoms with Crippen LogP contribution >= 0.6 is 0 Å². The molecule has 0 bridgehead atoms. The number of likely N-dealkylation sites (N-methyl/N-ethyl adjacent to an activating group) is 1. The lowest BCUT2D eigenvalue weighted by atomic mass is 10.1. The zero-order valence-corrected chi connectivity index (χ0v) is 15.9. The lowest BCUT2D eigenvalue weighted by Gasteiger charge is -2.26. The van der Waals surface area contributed by atoms with Crippen LogP contribution in [0.5, 0.6) is 0 Å². The van der Waals surface area contributed by atoms with Crippen LogP contribution in [0.3, 0.4) is 0 Å². The SMILES string of the molecule is CNC(=O)c1ccc(CN(C)C(=O)C(C)N2C(=O)c3ccccc3C2=O)cc1. The van der Waals surface area contributed by atoms with Crippen molar-refractivity contribution in [3.8, 4) is 0 Å². The van der Waals surface area contributed by atoms with Crippen LogP contribution in [0.25, 0.3) is 0 Å². The van der Waals surface area contributed by atoms with E-state index in [0.717, 1.165) is 10.5 Å². The van der Waals surface area contributed by atoms with Crippen LogP contribution in [-0.2, 0) is 11.3 Å². The summed E-state index contributed by atoms with van der Waals surface area (Å²) in [6, 6.07) is 12.5. The van der Waals surface area contributed by atoms with Gasteiger partial charge in [0.25, 0.3) is 17.7 Å². The van der Waals surface area contributed by atoms with Crippen LogP contribution in [-0.4, -0.2) is 53.6 Å². The molecular weight excluding hydrogens is 358 g/mol. The molecule has 0 spiro atoms. The first kappa shape index (κ1) is 19.3. The molecule has 2 aromatic carbocycles. The van der Waals surface area contributed by atoms with Crippen molar-refractivity contribution in [2.45, 2.75) is 19.5 Å². The number of amides is 4. The topological polar surface area (TPSA) is 86.8 Å². The second kappa shape index (κ2) is 7.64. The summed E-state index contributed by atoms with van der Waals surface area (Å²) in [7, 11) is 3.17. The summed E-state index contributed by atoms with van der Waals surface area (Å²) in [6.07, 6.45) is 0. The van der Waals surface area contributed by atoms with Gasteiger partial charge in [0, 0.05) is 26.2 Å². The molecular formula is C21H21N3O4. The van der Waals surface area contributed by atoms with E-state index in [0.29, 0.717) is 23.2 Å². The number of carbonyl (C=O) groups is 4. The van der Waals surface area contributed by atoms with Crippen LogP contribution in [0.4, 0.5) is 0 Å². The number of nitrogens with one attached hydrogen (secondary N) is 1. The van der Waals surface area contributed by atoms with Crippen LogP contribution in [0, 0.1) is 0 Å². The van der Waals surface area contributed by atoms with Gasteiger partial charge in [-0.15, -0.1) is 0 Å². The first-order chi connectivity index (χ1) is 13.3. The second-order valence-corrected chi connectivity index (χ2v) is 6.67. The van der Waals surface area contributed by atoms with E-state index in [4.69, 9.17) is 0 Å². The average Bonchev–Trinajstić information content (AvgIpc) is 2.97. The first-order valence-electron chi connectivity index (χ1n) is 8.88. The van der Waals surface area contributed by atoms with Gasteiger partial charge in [-0.05, 0) is 36.8 Å². The number of hydrogen-bond acceptors (Lipinski definition) is 4. The fourth-order valence-corrected chi connectivity index (χ4v) is 3.25. The summed E-state index contributed by atoms with van der Waals surface area (Å²) >= 11 is 0. The Morgan fingerprint density at radius 2 is 1.54 bits per heavy atom. The summed E-state index contributed by atoms with van der Waals surface area (Å²) < 4.78 is 0. The molecule has 28 heavy (non-hydrogen) atoms. The number of hydrogen-bond donors (Lipinski definition) is 1. The molecule has 0 radical (unpaired) electrons. The molecule has 0 saturated carbocycles. The molecule has 1 aliphatic rings. The Morgan fingerprint density at radius 3 is 2.04 bits per heavy atom. The van der Waals surface area contributed by atoms with E-state index in [9.17, 15) is 19.2 Å². The predicted molar refractivity (Wildman–Crippen MR) is 103 cm³/mol. The minimum atomic E-state index is -0.914. The third-order valence-electron chi connectivity index (χ3n) is 4.81. The minimum absolute atomic E-state index is 0.185. The Balaban J connectivity index is 1.71. The van der Waals surface area contributed by atoms with Crippen LogP contribution in [0.1, 0.15) is 43.6 Å². The van der Waals surface area contributed by atoms with Crippen LogP contribution in [0.15, 0.2) is 48.5 Å². The maximum Gasteiger partial charge on any atom is 0.262 e. The highest BCUT2D eigenvalue weighted by Gasteiger charge is 2.41. The number of imide groups is 1. The number of rotatable bonds is 5. The third kappa shape index (κ3) is 3.38. The molecule has 0 aromatic heterocycles. The fourth-order valence-electron chi connectivity index (χ4n) is 3.25. The summed E-state index contributed by atoms with van der Waals surface area (Å²) in [5.41, 5.74) is 2.00. The van der Waals surface area contributed by atoms with Crippen molar-refractivity contribution in [2.24, 2.45) is 0 Å². The number of nitrogens with zero attached hydrogens (tertiary/aromatic N) is 2. The van der Waals surface area contributed by atoms with E-state index >= 15 is 0 Å². The molecule has 144 valence electrons. The molecule has 1 atom stereocenters. The van der Waals surface area contributed by atoms with Gasteiger partial charge in [0.1, 0.15) is 6.04 Å². The molecule has 7 nitrogen and oxygen atoms in total.